The zero-order chi connectivity index (χ0) is 27.8. The largest absolute Gasteiger partial charge is 0.417 e. The Labute approximate surface area is 224 Å². The summed E-state index contributed by atoms with van der Waals surface area (Å²) in [6.45, 7) is -0.241. The van der Waals surface area contributed by atoms with Crippen LogP contribution in [0.25, 0.3) is 0 Å². The number of piperidine rings is 1. The van der Waals surface area contributed by atoms with E-state index in [1.807, 2.05) is 30.3 Å². The lowest BCUT2D eigenvalue weighted by Gasteiger charge is -2.44. The Kier molecular flexibility index (Phi) is 7.25. The van der Waals surface area contributed by atoms with E-state index >= 15 is 0 Å². The standard InChI is InChI=1S/C28H27F4N3O3S/c29-23-12-6-4-10-21(23)19-35-26(36)24(18-20-8-2-1-3-9-20)33-27(35)14-16-34(17-15-27)39(37,38)25-13-7-5-11-22(25)28(30,31)32/h1-13,24,33H,14-19H2. The molecule has 11 heteroatoms. The third kappa shape index (κ3) is 5.30. The molecule has 2 saturated heterocycles. The van der Waals surface area contributed by atoms with E-state index in [1.165, 1.54) is 12.1 Å². The van der Waals surface area contributed by atoms with Crippen LogP contribution in [0.1, 0.15) is 29.5 Å². The molecule has 1 spiro atoms. The second-order valence-corrected chi connectivity index (χ2v) is 11.7. The molecule has 1 amide bonds. The van der Waals surface area contributed by atoms with E-state index in [0.29, 0.717) is 12.0 Å². The summed E-state index contributed by atoms with van der Waals surface area (Å²) >= 11 is 0. The van der Waals surface area contributed by atoms with Crippen LogP contribution in [0.15, 0.2) is 83.8 Å². The third-order valence-electron chi connectivity index (χ3n) is 7.45. The van der Waals surface area contributed by atoms with Gasteiger partial charge in [0.05, 0.1) is 28.7 Å². The summed E-state index contributed by atoms with van der Waals surface area (Å²) in [5.74, 6) is -0.698. The van der Waals surface area contributed by atoms with Crippen molar-refractivity contribution in [1.29, 1.82) is 0 Å². The molecule has 0 aliphatic carbocycles. The highest BCUT2D eigenvalue weighted by Crippen LogP contribution is 2.39. The van der Waals surface area contributed by atoms with E-state index in [2.05, 4.69) is 5.32 Å². The number of hydrogen-bond donors (Lipinski definition) is 1. The molecule has 39 heavy (non-hydrogen) atoms. The maximum atomic E-state index is 14.6. The first-order chi connectivity index (χ1) is 18.5. The lowest BCUT2D eigenvalue weighted by Crippen LogP contribution is -2.59. The average molecular weight is 562 g/mol. The molecule has 206 valence electrons. The summed E-state index contributed by atoms with van der Waals surface area (Å²) in [7, 11) is -4.46. The molecule has 3 aromatic rings. The Hall–Kier alpha value is -3.28. The van der Waals surface area contributed by atoms with Gasteiger partial charge in [-0.05, 0) is 43.0 Å². The smallest absolute Gasteiger partial charge is 0.319 e. The maximum Gasteiger partial charge on any atom is 0.417 e. The summed E-state index contributed by atoms with van der Waals surface area (Å²) in [5, 5.41) is 3.39. The molecular weight excluding hydrogens is 534 g/mol. The van der Waals surface area contributed by atoms with Crippen molar-refractivity contribution in [3.63, 3.8) is 0 Å². The number of alkyl halides is 3. The van der Waals surface area contributed by atoms with Crippen LogP contribution in [0, 0.1) is 5.82 Å². The second-order valence-electron chi connectivity index (χ2n) is 9.83. The Balaban J connectivity index is 1.42. The number of sulfonamides is 1. The van der Waals surface area contributed by atoms with Gasteiger partial charge >= 0.3 is 6.18 Å². The minimum Gasteiger partial charge on any atom is -0.319 e. The summed E-state index contributed by atoms with van der Waals surface area (Å²) in [6, 6.07) is 19.0. The highest BCUT2D eigenvalue weighted by molar-refractivity contribution is 7.89. The summed E-state index contributed by atoms with van der Waals surface area (Å²) in [6.07, 6.45) is -4.19. The molecule has 3 aromatic carbocycles. The van der Waals surface area contributed by atoms with E-state index < -0.39 is 44.2 Å². The van der Waals surface area contributed by atoms with Gasteiger partial charge in [0.1, 0.15) is 5.82 Å². The first-order valence-corrected chi connectivity index (χ1v) is 14.0. The molecule has 2 heterocycles. The lowest BCUT2D eigenvalue weighted by molar-refractivity contribution is -0.140. The molecule has 2 fully saturated rings. The van der Waals surface area contributed by atoms with Crippen LogP contribution in [0.5, 0.6) is 0 Å². The van der Waals surface area contributed by atoms with E-state index in [-0.39, 0.29) is 38.4 Å². The molecule has 0 aromatic heterocycles. The number of rotatable bonds is 6. The van der Waals surface area contributed by atoms with Gasteiger partial charge in [0, 0.05) is 18.7 Å². The van der Waals surface area contributed by atoms with Crippen molar-refractivity contribution in [1.82, 2.24) is 14.5 Å². The fraction of sp³-hybridized carbons (Fsp3) is 0.321. The van der Waals surface area contributed by atoms with Gasteiger partial charge in [0.2, 0.25) is 15.9 Å². The van der Waals surface area contributed by atoms with E-state index in [4.69, 9.17) is 0 Å². The topological polar surface area (TPSA) is 69.7 Å². The van der Waals surface area contributed by atoms with Gasteiger partial charge in [-0.3, -0.25) is 10.1 Å². The zero-order valence-electron chi connectivity index (χ0n) is 20.9. The van der Waals surface area contributed by atoms with Crippen LogP contribution in [-0.2, 0) is 34.0 Å². The number of carbonyl (C=O) groups is 1. The van der Waals surface area contributed by atoms with Crippen LogP contribution >= 0.6 is 0 Å². The molecule has 2 aliphatic heterocycles. The molecule has 1 N–H and O–H groups in total. The van der Waals surface area contributed by atoms with Gasteiger partial charge in [-0.15, -0.1) is 0 Å². The van der Waals surface area contributed by atoms with Crippen LogP contribution in [-0.4, -0.2) is 48.3 Å². The van der Waals surface area contributed by atoms with Crippen molar-refractivity contribution in [2.24, 2.45) is 0 Å². The van der Waals surface area contributed by atoms with Crippen LogP contribution in [0.4, 0.5) is 17.6 Å². The average Bonchev–Trinajstić information content (AvgIpc) is 3.15. The van der Waals surface area contributed by atoms with Crippen molar-refractivity contribution < 1.29 is 30.8 Å². The molecule has 0 saturated carbocycles. The molecule has 0 bridgehead atoms. The van der Waals surface area contributed by atoms with Crippen molar-refractivity contribution >= 4 is 15.9 Å². The van der Waals surface area contributed by atoms with E-state index in [9.17, 15) is 30.8 Å². The first kappa shape index (κ1) is 27.3. The number of hydrogen-bond acceptors (Lipinski definition) is 4. The molecular formula is C28H27F4N3O3S. The molecule has 6 nitrogen and oxygen atoms in total. The normalized spacial score (nSPS) is 20.1. The minimum absolute atomic E-state index is 0.0204. The SMILES string of the molecule is O=C1C(Cc2ccccc2)NC2(CCN(S(=O)(=O)c3ccccc3C(F)(F)F)CC2)N1Cc1ccccc1F. The summed E-state index contributed by atoms with van der Waals surface area (Å²) in [5.41, 5.74) is -0.950. The van der Waals surface area contributed by atoms with Gasteiger partial charge in [-0.2, -0.15) is 17.5 Å². The number of benzene rings is 3. The number of nitrogens with zero attached hydrogens (tertiary/aromatic N) is 2. The number of halogens is 4. The maximum absolute atomic E-state index is 14.6. The predicted molar refractivity (Wildman–Crippen MR) is 136 cm³/mol. The van der Waals surface area contributed by atoms with Gasteiger partial charge < -0.3 is 4.90 Å². The molecule has 5 rings (SSSR count). The van der Waals surface area contributed by atoms with Crippen LogP contribution in [0.3, 0.4) is 0 Å². The molecule has 0 radical (unpaired) electrons. The minimum atomic E-state index is -4.83. The van der Waals surface area contributed by atoms with Gasteiger partial charge in [-0.25, -0.2) is 12.8 Å². The van der Waals surface area contributed by atoms with Gasteiger partial charge in [-0.1, -0.05) is 60.7 Å². The summed E-state index contributed by atoms with van der Waals surface area (Å²) in [4.78, 5) is 14.4. The Morgan fingerprint density at radius 2 is 1.51 bits per heavy atom. The Bertz CT molecular complexity index is 1460. The monoisotopic (exact) mass is 561 g/mol. The first-order valence-electron chi connectivity index (χ1n) is 12.5. The predicted octanol–water partition coefficient (Wildman–Crippen LogP) is 4.57. The highest BCUT2D eigenvalue weighted by atomic mass is 32.2. The zero-order valence-corrected chi connectivity index (χ0v) is 21.7. The Morgan fingerprint density at radius 1 is 0.897 bits per heavy atom. The number of amides is 1. The molecule has 2 aliphatic rings. The van der Waals surface area contributed by atoms with Gasteiger partial charge in [0.25, 0.3) is 0 Å². The fourth-order valence-electron chi connectivity index (χ4n) is 5.45. The van der Waals surface area contributed by atoms with Crippen molar-refractivity contribution in [3.05, 3.63) is 101 Å². The molecule has 1 atom stereocenters. The van der Waals surface area contributed by atoms with E-state index in [0.717, 1.165) is 28.1 Å². The van der Waals surface area contributed by atoms with E-state index in [1.54, 1.807) is 23.1 Å². The molecule has 1 unspecified atom stereocenters. The highest BCUT2D eigenvalue weighted by Gasteiger charge is 2.53. The second kappa shape index (κ2) is 10.4. The third-order valence-corrected chi connectivity index (χ3v) is 9.41. The van der Waals surface area contributed by atoms with Crippen molar-refractivity contribution in [2.75, 3.05) is 13.1 Å². The quantitative estimate of drug-likeness (QED) is 0.448. The van der Waals surface area contributed by atoms with Crippen molar-refractivity contribution in [2.45, 2.75) is 48.6 Å². The van der Waals surface area contributed by atoms with Crippen molar-refractivity contribution in [3.8, 4) is 0 Å². The Morgan fingerprint density at radius 3 is 2.18 bits per heavy atom. The van der Waals surface area contributed by atoms with Gasteiger partial charge in [0.15, 0.2) is 0 Å². The fourth-order valence-corrected chi connectivity index (χ4v) is 7.11. The van der Waals surface area contributed by atoms with Crippen LogP contribution in [0.2, 0.25) is 0 Å². The lowest BCUT2D eigenvalue weighted by atomic mass is 9.96. The van der Waals surface area contributed by atoms with Crippen LogP contribution < -0.4 is 5.32 Å². The number of nitrogens with one attached hydrogen (secondary N) is 1. The number of carbonyl (C=O) groups excluding carboxylic acids is 1. The summed E-state index contributed by atoms with van der Waals surface area (Å²) < 4.78 is 83.0.